The molecule has 144 valence electrons. The molecular weight excluding hydrogens is 356 g/mol. The van der Waals surface area contributed by atoms with Gasteiger partial charge in [0.1, 0.15) is 0 Å². The number of rotatable bonds is 8. The molecule has 0 atom stereocenters. The minimum absolute atomic E-state index is 0.216. The largest absolute Gasteiger partial charge is 0.493 e. The Balaban J connectivity index is 1.52. The predicted molar refractivity (Wildman–Crippen MR) is 107 cm³/mol. The SMILES string of the molecule is COc1ccc(CCNC(=O)c2cnc(Nc3ccccc3)nc2)cc1OC. The summed E-state index contributed by atoms with van der Waals surface area (Å²) in [7, 11) is 3.19. The Labute approximate surface area is 163 Å². The number of ether oxygens (including phenoxy) is 2. The van der Waals surface area contributed by atoms with Crippen LogP contribution in [0.1, 0.15) is 15.9 Å². The summed E-state index contributed by atoms with van der Waals surface area (Å²) in [6.45, 7) is 0.484. The van der Waals surface area contributed by atoms with Gasteiger partial charge in [-0.2, -0.15) is 0 Å². The second-order valence-corrected chi connectivity index (χ2v) is 5.98. The monoisotopic (exact) mass is 378 g/mol. The van der Waals surface area contributed by atoms with Crippen LogP contribution in [-0.4, -0.2) is 36.6 Å². The van der Waals surface area contributed by atoms with E-state index in [-0.39, 0.29) is 5.91 Å². The van der Waals surface area contributed by atoms with Crippen LogP contribution in [0.2, 0.25) is 0 Å². The van der Waals surface area contributed by atoms with Crippen LogP contribution in [0, 0.1) is 0 Å². The second-order valence-electron chi connectivity index (χ2n) is 5.98. The van der Waals surface area contributed by atoms with Gasteiger partial charge in [0.05, 0.1) is 19.8 Å². The molecule has 28 heavy (non-hydrogen) atoms. The van der Waals surface area contributed by atoms with Gasteiger partial charge >= 0.3 is 0 Å². The van der Waals surface area contributed by atoms with Crippen molar-refractivity contribution < 1.29 is 14.3 Å². The minimum Gasteiger partial charge on any atom is -0.493 e. The van der Waals surface area contributed by atoms with Crippen molar-refractivity contribution >= 4 is 17.5 Å². The van der Waals surface area contributed by atoms with Crippen molar-refractivity contribution in [1.82, 2.24) is 15.3 Å². The zero-order valence-corrected chi connectivity index (χ0v) is 15.8. The van der Waals surface area contributed by atoms with Gasteiger partial charge in [-0.05, 0) is 36.2 Å². The van der Waals surface area contributed by atoms with Crippen molar-refractivity contribution in [1.29, 1.82) is 0 Å². The summed E-state index contributed by atoms with van der Waals surface area (Å²) in [6.07, 6.45) is 3.68. The molecule has 0 bridgehead atoms. The number of benzene rings is 2. The summed E-state index contributed by atoms with van der Waals surface area (Å²) < 4.78 is 10.5. The lowest BCUT2D eigenvalue weighted by Crippen LogP contribution is -2.26. The van der Waals surface area contributed by atoms with E-state index < -0.39 is 0 Å². The van der Waals surface area contributed by atoms with Crippen LogP contribution in [0.4, 0.5) is 11.6 Å². The van der Waals surface area contributed by atoms with Gasteiger partial charge in [-0.25, -0.2) is 9.97 Å². The van der Waals surface area contributed by atoms with Crippen LogP contribution in [0.5, 0.6) is 11.5 Å². The molecular formula is C21H22N4O3. The number of nitrogens with zero attached hydrogens (tertiary/aromatic N) is 2. The lowest BCUT2D eigenvalue weighted by atomic mass is 10.1. The van der Waals surface area contributed by atoms with E-state index >= 15 is 0 Å². The van der Waals surface area contributed by atoms with Gasteiger partial charge in [-0.1, -0.05) is 24.3 Å². The van der Waals surface area contributed by atoms with E-state index in [0.29, 0.717) is 36.0 Å². The number of nitrogens with one attached hydrogen (secondary N) is 2. The highest BCUT2D eigenvalue weighted by Crippen LogP contribution is 2.27. The first-order valence-corrected chi connectivity index (χ1v) is 8.83. The quantitative estimate of drug-likeness (QED) is 0.626. The smallest absolute Gasteiger partial charge is 0.254 e. The lowest BCUT2D eigenvalue weighted by molar-refractivity contribution is 0.0953. The predicted octanol–water partition coefficient (Wildman–Crippen LogP) is 3.21. The van der Waals surface area contributed by atoms with Gasteiger partial charge in [0, 0.05) is 24.6 Å². The van der Waals surface area contributed by atoms with E-state index in [1.165, 1.54) is 12.4 Å². The Kier molecular flexibility index (Phi) is 6.41. The van der Waals surface area contributed by atoms with E-state index in [4.69, 9.17) is 9.47 Å². The molecule has 0 aliphatic heterocycles. The molecule has 0 aliphatic carbocycles. The Morgan fingerprint density at radius 2 is 1.68 bits per heavy atom. The molecule has 0 spiro atoms. The third-order valence-corrected chi connectivity index (χ3v) is 4.09. The summed E-state index contributed by atoms with van der Waals surface area (Å²) in [5, 5.41) is 5.95. The second kappa shape index (κ2) is 9.36. The van der Waals surface area contributed by atoms with E-state index in [1.54, 1.807) is 14.2 Å². The molecule has 3 aromatic rings. The maximum Gasteiger partial charge on any atom is 0.254 e. The molecule has 0 fully saturated rings. The zero-order valence-electron chi connectivity index (χ0n) is 15.8. The van der Waals surface area contributed by atoms with Crippen LogP contribution in [0.3, 0.4) is 0 Å². The maximum absolute atomic E-state index is 12.3. The molecule has 7 heteroatoms. The summed E-state index contributed by atoms with van der Waals surface area (Å²) in [4.78, 5) is 20.7. The number of anilines is 2. The third kappa shape index (κ3) is 4.97. The summed E-state index contributed by atoms with van der Waals surface area (Å²) >= 11 is 0. The van der Waals surface area contributed by atoms with Crippen LogP contribution in [0.15, 0.2) is 60.9 Å². The van der Waals surface area contributed by atoms with Gasteiger partial charge < -0.3 is 20.1 Å². The van der Waals surface area contributed by atoms with Crippen molar-refractivity contribution in [2.45, 2.75) is 6.42 Å². The fraction of sp³-hybridized carbons (Fsp3) is 0.190. The maximum atomic E-state index is 12.3. The fourth-order valence-electron chi connectivity index (χ4n) is 2.62. The number of carbonyl (C=O) groups excluding carboxylic acids is 1. The molecule has 2 aromatic carbocycles. The molecule has 0 saturated heterocycles. The Morgan fingerprint density at radius 3 is 2.36 bits per heavy atom. The van der Waals surface area contributed by atoms with Crippen LogP contribution in [0.25, 0.3) is 0 Å². The van der Waals surface area contributed by atoms with E-state index in [1.807, 2.05) is 48.5 Å². The molecule has 1 heterocycles. The van der Waals surface area contributed by atoms with Crippen LogP contribution < -0.4 is 20.1 Å². The average Bonchev–Trinajstić information content (AvgIpc) is 2.74. The normalized spacial score (nSPS) is 10.2. The molecule has 7 nitrogen and oxygen atoms in total. The topological polar surface area (TPSA) is 85.4 Å². The fourth-order valence-corrected chi connectivity index (χ4v) is 2.62. The van der Waals surface area contributed by atoms with Crippen molar-refractivity contribution in [3.63, 3.8) is 0 Å². The van der Waals surface area contributed by atoms with Gasteiger partial charge in [0.15, 0.2) is 11.5 Å². The Hall–Kier alpha value is -3.61. The number of para-hydroxylation sites is 1. The highest BCUT2D eigenvalue weighted by molar-refractivity contribution is 5.93. The summed E-state index contributed by atoms with van der Waals surface area (Å²) in [5.41, 5.74) is 2.33. The van der Waals surface area contributed by atoms with Crippen molar-refractivity contribution in [3.05, 3.63) is 72.1 Å². The summed E-state index contributed by atoms with van der Waals surface area (Å²) in [5.74, 6) is 1.57. The number of hydrogen-bond acceptors (Lipinski definition) is 6. The standard InChI is InChI=1S/C21H22N4O3/c1-27-18-9-8-15(12-19(18)28-2)10-11-22-20(26)16-13-23-21(24-14-16)25-17-6-4-3-5-7-17/h3-9,12-14H,10-11H2,1-2H3,(H,22,26)(H,23,24,25). The number of carbonyl (C=O) groups is 1. The Bertz CT molecular complexity index is 915. The first-order chi connectivity index (χ1) is 13.7. The van der Waals surface area contributed by atoms with Crippen molar-refractivity contribution in [3.8, 4) is 11.5 Å². The number of hydrogen-bond donors (Lipinski definition) is 2. The first kappa shape index (κ1) is 19.2. The van der Waals surface area contributed by atoms with E-state index in [0.717, 1.165) is 11.3 Å². The van der Waals surface area contributed by atoms with E-state index in [9.17, 15) is 4.79 Å². The molecule has 0 saturated carbocycles. The number of amides is 1. The number of aromatic nitrogens is 2. The first-order valence-electron chi connectivity index (χ1n) is 8.83. The molecule has 0 aliphatic rings. The highest BCUT2D eigenvalue weighted by atomic mass is 16.5. The zero-order chi connectivity index (χ0) is 19.8. The van der Waals surface area contributed by atoms with Gasteiger partial charge in [0.25, 0.3) is 5.91 Å². The van der Waals surface area contributed by atoms with Gasteiger partial charge in [0.2, 0.25) is 5.95 Å². The molecule has 1 aromatic heterocycles. The van der Waals surface area contributed by atoms with Gasteiger partial charge in [-0.3, -0.25) is 4.79 Å². The van der Waals surface area contributed by atoms with Gasteiger partial charge in [-0.15, -0.1) is 0 Å². The lowest BCUT2D eigenvalue weighted by Gasteiger charge is -2.10. The van der Waals surface area contributed by atoms with Crippen molar-refractivity contribution in [2.75, 3.05) is 26.1 Å². The minimum atomic E-state index is -0.216. The molecule has 2 N–H and O–H groups in total. The average molecular weight is 378 g/mol. The molecule has 0 unspecified atom stereocenters. The molecule has 3 rings (SSSR count). The Morgan fingerprint density at radius 1 is 0.964 bits per heavy atom. The third-order valence-electron chi connectivity index (χ3n) is 4.09. The molecule has 1 amide bonds. The highest BCUT2D eigenvalue weighted by Gasteiger charge is 2.08. The van der Waals surface area contributed by atoms with Crippen molar-refractivity contribution in [2.24, 2.45) is 0 Å². The van der Waals surface area contributed by atoms with E-state index in [2.05, 4.69) is 20.6 Å². The van der Waals surface area contributed by atoms with Crippen LogP contribution >= 0.6 is 0 Å². The van der Waals surface area contributed by atoms with Crippen LogP contribution in [-0.2, 0) is 6.42 Å². The summed E-state index contributed by atoms with van der Waals surface area (Å²) in [6, 6.07) is 15.3. The number of methoxy groups -OCH3 is 2. The molecule has 0 radical (unpaired) electrons.